The minimum absolute atomic E-state index is 0.0358. The van der Waals surface area contributed by atoms with Crippen molar-refractivity contribution in [2.75, 3.05) is 0 Å². The molecule has 2 heteroatoms. The van der Waals surface area contributed by atoms with Crippen LogP contribution in [0.3, 0.4) is 0 Å². The van der Waals surface area contributed by atoms with Crippen LogP contribution in [0.5, 0.6) is 0 Å². The Bertz CT molecular complexity index is 800. The molecular weight excluding hydrogens is 356 g/mol. The van der Waals surface area contributed by atoms with Crippen molar-refractivity contribution >= 4 is 0 Å². The molecule has 2 N–H and O–H groups in total. The first-order valence-corrected chi connectivity index (χ1v) is 11.7. The molecule has 6 atom stereocenters. The van der Waals surface area contributed by atoms with E-state index in [1.165, 1.54) is 5.57 Å². The molecule has 0 saturated heterocycles. The van der Waals surface area contributed by atoms with E-state index in [-0.39, 0.29) is 29.6 Å². The maximum Gasteiger partial charge on any atom is 0.0811 e. The second-order valence-corrected chi connectivity index (χ2v) is 10.4. The topological polar surface area (TPSA) is 40.5 Å². The lowest BCUT2D eigenvalue weighted by Gasteiger charge is -2.44. The summed E-state index contributed by atoms with van der Waals surface area (Å²) >= 11 is 0. The predicted octanol–water partition coefficient (Wildman–Crippen LogP) is 6.59. The first kappa shape index (κ1) is 17.8. The van der Waals surface area contributed by atoms with Gasteiger partial charge in [-0.1, -0.05) is 71.2 Å². The third-order valence-electron chi connectivity index (χ3n) is 7.75. The normalized spacial score (nSPS) is 42.4. The van der Waals surface area contributed by atoms with E-state index in [0.717, 1.165) is 37.7 Å². The molecule has 3 fully saturated rings. The summed E-state index contributed by atoms with van der Waals surface area (Å²) in [5, 5.41) is 20.2. The van der Waals surface area contributed by atoms with Gasteiger partial charge in [0.25, 0.3) is 0 Å². The molecule has 3 aliphatic rings. The van der Waals surface area contributed by atoms with Crippen LogP contribution < -0.4 is 0 Å². The van der Waals surface area contributed by atoms with Crippen molar-refractivity contribution < 1.29 is 15.7 Å². The smallest absolute Gasteiger partial charge is 0.0811 e. The summed E-state index contributed by atoms with van der Waals surface area (Å²) in [5.41, 5.74) is 2.96. The Labute approximate surface area is 184 Å². The van der Waals surface area contributed by atoms with Crippen molar-refractivity contribution in [1.29, 1.82) is 0 Å². The van der Waals surface area contributed by atoms with Crippen molar-refractivity contribution in [3.63, 3.8) is 0 Å². The number of aliphatic hydroxyl groups is 2. The molecule has 0 radical (unpaired) electrons. The lowest BCUT2D eigenvalue weighted by molar-refractivity contribution is 0.0861. The highest BCUT2D eigenvalue weighted by molar-refractivity contribution is 5.38. The molecule has 3 aliphatic carbocycles. The van der Waals surface area contributed by atoms with E-state index in [2.05, 4.69) is 19.6 Å². The van der Waals surface area contributed by atoms with Crippen LogP contribution >= 0.6 is 0 Å². The quantitative estimate of drug-likeness (QED) is 0.524. The summed E-state index contributed by atoms with van der Waals surface area (Å²) in [4.78, 5) is 0. The van der Waals surface area contributed by atoms with E-state index in [0.29, 0.717) is 24.3 Å². The average Bonchev–Trinajstić information content (AvgIpc) is 3.05. The zero-order chi connectivity index (χ0) is 24.8. The summed E-state index contributed by atoms with van der Waals surface area (Å²) in [6.07, 6.45) is 5.42. The second-order valence-electron chi connectivity index (χ2n) is 10.4. The Balaban J connectivity index is 1.84. The maximum atomic E-state index is 10.2. The number of rotatable bonds is 6. The number of hydrogen-bond donors (Lipinski definition) is 2. The predicted molar refractivity (Wildman–Crippen MR) is 123 cm³/mol. The zero-order valence-corrected chi connectivity index (χ0v) is 18.9. The molecule has 2 nitrogen and oxygen atoms in total. The summed E-state index contributed by atoms with van der Waals surface area (Å²) in [6, 6.07) is 0. The highest BCUT2D eigenvalue weighted by Gasteiger charge is 2.50. The zero-order valence-electron chi connectivity index (χ0n) is 22.9. The molecular formula is C27H44O2. The van der Waals surface area contributed by atoms with Crippen molar-refractivity contribution in [2.45, 2.75) is 104 Å². The van der Waals surface area contributed by atoms with Gasteiger partial charge in [-0.15, -0.1) is 0 Å². The Hall–Kier alpha value is -0.860. The summed E-state index contributed by atoms with van der Waals surface area (Å²) < 4.78 is 34.7. The minimum Gasteiger partial charge on any atom is -0.393 e. The van der Waals surface area contributed by atoms with Gasteiger partial charge < -0.3 is 10.2 Å². The van der Waals surface area contributed by atoms with Gasteiger partial charge in [0.15, 0.2) is 0 Å². The van der Waals surface area contributed by atoms with Crippen LogP contribution in [0.4, 0.5) is 0 Å². The highest BCUT2D eigenvalue weighted by atomic mass is 16.3. The SMILES string of the molecule is [2H]C([2H])(CC(C)C)C([2H])([2H])[C@@H](C)[C@H]1CCC2/C(=C/C=C3/C[C@@H](O)C[C@H](O)C3=C)CCC[C@@]21C. The Morgan fingerprint density at radius 1 is 1.24 bits per heavy atom. The number of fused-ring (bicyclic) bond motifs is 1. The van der Waals surface area contributed by atoms with Gasteiger partial charge in [-0.05, 0) is 78.8 Å². The first-order valence-electron chi connectivity index (χ1n) is 13.7. The van der Waals surface area contributed by atoms with Gasteiger partial charge in [0.2, 0.25) is 0 Å². The van der Waals surface area contributed by atoms with Crippen LogP contribution in [0, 0.1) is 29.1 Å². The van der Waals surface area contributed by atoms with E-state index in [1.807, 2.05) is 26.8 Å². The van der Waals surface area contributed by atoms with E-state index in [9.17, 15) is 10.2 Å². The molecule has 0 spiro atoms. The molecule has 0 aromatic rings. The highest BCUT2D eigenvalue weighted by Crippen LogP contribution is 2.59. The standard InChI is InChI=1S/C27H44O2/c1-18(2)8-6-9-19(3)24-13-14-25-21(10-7-15-27(24,25)5)11-12-22-16-23(28)17-26(29)20(22)4/h11-12,18-19,23-26,28-29H,4,6-10,13-17H2,1-3,5H3/b21-11+,22-12-/t19-,23-,24-,25?,26+,27-/m1/s1/i6D2,9D2. The Morgan fingerprint density at radius 2 is 2.00 bits per heavy atom. The van der Waals surface area contributed by atoms with Crippen molar-refractivity contribution in [3.8, 4) is 0 Å². The third kappa shape index (κ3) is 5.07. The summed E-state index contributed by atoms with van der Waals surface area (Å²) in [5.74, 6) is 0.263. The largest absolute Gasteiger partial charge is 0.393 e. The molecule has 0 aromatic carbocycles. The number of allylic oxidation sites excluding steroid dienone is 3. The van der Waals surface area contributed by atoms with Gasteiger partial charge in [-0.2, -0.15) is 0 Å². The first-order chi connectivity index (χ1) is 15.2. The molecule has 1 unspecified atom stereocenters. The fourth-order valence-corrected chi connectivity index (χ4v) is 6.09. The van der Waals surface area contributed by atoms with Gasteiger partial charge in [0, 0.05) is 11.9 Å². The lowest BCUT2D eigenvalue weighted by Crippen LogP contribution is -2.36. The summed E-state index contributed by atoms with van der Waals surface area (Å²) in [7, 11) is 0. The van der Waals surface area contributed by atoms with Crippen LogP contribution in [0.2, 0.25) is 0 Å². The van der Waals surface area contributed by atoms with Gasteiger partial charge in [-0.25, -0.2) is 0 Å². The van der Waals surface area contributed by atoms with Gasteiger partial charge in [0.1, 0.15) is 0 Å². The Kier molecular flexibility index (Phi) is 5.84. The van der Waals surface area contributed by atoms with Gasteiger partial charge in [-0.3, -0.25) is 0 Å². The Morgan fingerprint density at radius 3 is 2.72 bits per heavy atom. The molecule has 0 amide bonds. The van der Waals surface area contributed by atoms with Crippen molar-refractivity contribution in [1.82, 2.24) is 0 Å². The molecule has 0 aliphatic heterocycles. The molecule has 3 rings (SSSR count). The molecule has 164 valence electrons. The van der Waals surface area contributed by atoms with Crippen molar-refractivity contribution in [3.05, 3.63) is 35.5 Å². The fraction of sp³-hybridized carbons (Fsp3) is 0.778. The van der Waals surface area contributed by atoms with E-state index < -0.39 is 25.0 Å². The monoisotopic (exact) mass is 404 g/mol. The second kappa shape index (κ2) is 9.52. The van der Waals surface area contributed by atoms with Crippen LogP contribution in [0.25, 0.3) is 0 Å². The van der Waals surface area contributed by atoms with Crippen molar-refractivity contribution in [2.24, 2.45) is 29.1 Å². The average molecular weight is 405 g/mol. The lowest BCUT2D eigenvalue weighted by atomic mass is 9.60. The van der Waals surface area contributed by atoms with E-state index >= 15 is 0 Å². The molecule has 29 heavy (non-hydrogen) atoms. The molecule has 0 aromatic heterocycles. The van der Waals surface area contributed by atoms with E-state index in [1.54, 1.807) is 0 Å². The van der Waals surface area contributed by atoms with Crippen LogP contribution in [0.15, 0.2) is 35.5 Å². The molecule has 3 saturated carbocycles. The molecule has 0 bridgehead atoms. The maximum absolute atomic E-state index is 10.2. The molecule has 0 heterocycles. The van der Waals surface area contributed by atoms with Crippen LogP contribution in [-0.4, -0.2) is 22.4 Å². The number of aliphatic hydroxyl groups excluding tert-OH is 2. The van der Waals surface area contributed by atoms with Crippen LogP contribution in [0.1, 0.15) is 97.3 Å². The number of hydrogen-bond acceptors (Lipinski definition) is 2. The van der Waals surface area contributed by atoms with Gasteiger partial charge in [0.05, 0.1) is 12.2 Å². The fourth-order valence-electron chi connectivity index (χ4n) is 6.09. The van der Waals surface area contributed by atoms with Gasteiger partial charge >= 0.3 is 0 Å². The van der Waals surface area contributed by atoms with E-state index in [4.69, 9.17) is 5.48 Å². The minimum atomic E-state index is -1.88. The third-order valence-corrected chi connectivity index (χ3v) is 7.75. The summed E-state index contributed by atoms with van der Waals surface area (Å²) in [6.45, 7) is 12.2. The van der Waals surface area contributed by atoms with Crippen LogP contribution in [-0.2, 0) is 0 Å².